The van der Waals surface area contributed by atoms with Gasteiger partial charge in [0, 0.05) is 15.7 Å². The number of thioether (sulfide) groups is 1. The lowest BCUT2D eigenvalue weighted by atomic mass is 10.2. The predicted molar refractivity (Wildman–Crippen MR) is 85.4 cm³/mol. The van der Waals surface area contributed by atoms with Gasteiger partial charge in [0.1, 0.15) is 0 Å². The Bertz CT molecular complexity index is 765. The van der Waals surface area contributed by atoms with Crippen molar-refractivity contribution in [3.05, 3.63) is 59.1 Å². The van der Waals surface area contributed by atoms with Crippen LogP contribution in [0.1, 0.15) is 5.56 Å². The zero-order valence-corrected chi connectivity index (χ0v) is 13.4. The van der Waals surface area contributed by atoms with Crippen molar-refractivity contribution in [3.8, 4) is 6.07 Å². The smallest absolute Gasteiger partial charge is 0.179 e. The van der Waals surface area contributed by atoms with Gasteiger partial charge in [0.25, 0.3) is 0 Å². The number of benzene rings is 2. The molecule has 0 heterocycles. The largest absolute Gasteiger partial charge is 0.224 e. The van der Waals surface area contributed by atoms with Crippen LogP contribution >= 0.6 is 23.4 Å². The molecule has 0 atom stereocenters. The highest BCUT2D eigenvalue weighted by Gasteiger charge is 2.14. The molecule has 0 amide bonds. The lowest BCUT2D eigenvalue weighted by Crippen LogP contribution is -2.09. The zero-order chi connectivity index (χ0) is 15.3. The maximum atomic E-state index is 12.2. The molecule has 0 bridgehead atoms. The third-order valence-corrected chi connectivity index (χ3v) is 5.99. The summed E-state index contributed by atoms with van der Waals surface area (Å²) in [5, 5.41) is 9.47. The second-order valence-corrected chi connectivity index (χ2v) is 7.97. The summed E-state index contributed by atoms with van der Waals surface area (Å²) in [7, 11) is -3.37. The first-order chi connectivity index (χ1) is 10.0. The first-order valence-corrected chi connectivity index (χ1v) is 9.14. The minimum Gasteiger partial charge on any atom is -0.224 e. The molecule has 0 aliphatic heterocycles. The first-order valence-electron chi connectivity index (χ1n) is 6.12. The van der Waals surface area contributed by atoms with E-state index in [1.54, 1.807) is 24.3 Å². The van der Waals surface area contributed by atoms with Crippen LogP contribution in [-0.4, -0.2) is 19.9 Å². The van der Waals surface area contributed by atoms with Gasteiger partial charge in [-0.1, -0.05) is 17.7 Å². The van der Waals surface area contributed by atoms with E-state index < -0.39 is 9.84 Å². The van der Waals surface area contributed by atoms with Crippen molar-refractivity contribution in [1.82, 2.24) is 0 Å². The average molecular weight is 338 g/mol. The Morgan fingerprint density at radius 2 is 1.86 bits per heavy atom. The van der Waals surface area contributed by atoms with Crippen molar-refractivity contribution in [2.24, 2.45) is 0 Å². The Hall–Kier alpha value is -1.48. The molecule has 2 rings (SSSR count). The van der Waals surface area contributed by atoms with Gasteiger partial charge in [-0.3, -0.25) is 0 Å². The first kappa shape index (κ1) is 15.9. The summed E-state index contributed by atoms with van der Waals surface area (Å²) in [5.41, 5.74) is 0.349. The summed E-state index contributed by atoms with van der Waals surface area (Å²) < 4.78 is 24.4. The van der Waals surface area contributed by atoms with Crippen LogP contribution in [-0.2, 0) is 9.84 Å². The van der Waals surface area contributed by atoms with Crippen LogP contribution in [0, 0.1) is 11.3 Å². The van der Waals surface area contributed by atoms with E-state index in [0.29, 0.717) is 16.3 Å². The van der Waals surface area contributed by atoms with E-state index in [9.17, 15) is 8.42 Å². The molecule has 0 radical (unpaired) electrons. The van der Waals surface area contributed by atoms with E-state index in [0.717, 1.165) is 4.90 Å². The molecule has 0 saturated carbocycles. The molecular formula is C15H12ClNO2S2. The molecule has 2 aromatic carbocycles. The second-order valence-electron chi connectivity index (χ2n) is 4.26. The normalized spacial score (nSPS) is 11.0. The monoisotopic (exact) mass is 337 g/mol. The van der Waals surface area contributed by atoms with Gasteiger partial charge in [-0.2, -0.15) is 5.26 Å². The summed E-state index contributed by atoms with van der Waals surface area (Å²) in [5.74, 6) is 0.468. The molecule has 0 aromatic heterocycles. The van der Waals surface area contributed by atoms with E-state index in [-0.39, 0.29) is 10.6 Å². The fourth-order valence-corrected chi connectivity index (χ4v) is 4.41. The summed E-state index contributed by atoms with van der Waals surface area (Å²) >= 11 is 7.25. The molecule has 108 valence electrons. The maximum absolute atomic E-state index is 12.2. The molecular weight excluding hydrogens is 326 g/mol. The lowest BCUT2D eigenvalue weighted by Gasteiger charge is -2.05. The Labute approximate surface area is 133 Å². The van der Waals surface area contributed by atoms with E-state index in [2.05, 4.69) is 0 Å². The van der Waals surface area contributed by atoms with Gasteiger partial charge in [0.2, 0.25) is 0 Å². The van der Waals surface area contributed by atoms with Crippen LogP contribution in [0.25, 0.3) is 0 Å². The molecule has 2 aromatic rings. The van der Waals surface area contributed by atoms with Gasteiger partial charge >= 0.3 is 0 Å². The van der Waals surface area contributed by atoms with Crippen LogP contribution in [0.3, 0.4) is 0 Å². The van der Waals surface area contributed by atoms with Crippen molar-refractivity contribution >= 4 is 33.2 Å². The second kappa shape index (κ2) is 6.99. The van der Waals surface area contributed by atoms with Crippen LogP contribution in [0.15, 0.2) is 58.3 Å². The van der Waals surface area contributed by atoms with E-state index in [1.807, 2.05) is 18.2 Å². The highest BCUT2D eigenvalue weighted by Crippen LogP contribution is 2.22. The molecule has 0 N–H and O–H groups in total. The van der Waals surface area contributed by atoms with Crippen molar-refractivity contribution in [1.29, 1.82) is 5.26 Å². The molecule has 0 aliphatic carbocycles. The van der Waals surface area contributed by atoms with Crippen LogP contribution in [0.2, 0.25) is 5.02 Å². The van der Waals surface area contributed by atoms with Gasteiger partial charge in [-0.25, -0.2) is 8.42 Å². The zero-order valence-electron chi connectivity index (χ0n) is 11.0. The van der Waals surface area contributed by atoms with Crippen molar-refractivity contribution in [2.75, 3.05) is 11.5 Å². The third-order valence-electron chi connectivity index (χ3n) is 2.76. The molecule has 6 heteroatoms. The van der Waals surface area contributed by atoms with Gasteiger partial charge < -0.3 is 0 Å². The maximum Gasteiger partial charge on any atom is 0.179 e. The van der Waals surface area contributed by atoms with Gasteiger partial charge in [-0.05, 0) is 42.5 Å². The minimum absolute atomic E-state index is 0.0230. The van der Waals surface area contributed by atoms with Crippen LogP contribution in [0.4, 0.5) is 0 Å². The van der Waals surface area contributed by atoms with Crippen molar-refractivity contribution in [2.45, 2.75) is 9.79 Å². The summed E-state index contributed by atoms with van der Waals surface area (Å²) in [6, 6.07) is 15.3. The van der Waals surface area contributed by atoms with Gasteiger partial charge in [0.15, 0.2) is 9.84 Å². The molecule has 21 heavy (non-hydrogen) atoms. The highest BCUT2D eigenvalue weighted by molar-refractivity contribution is 8.00. The quantitative estimate of drug-likeness (QED) is 0.779. The van der Waals surface area contributed by atoms with Gasteiger partial charge in [0.05, 0.1) is 22.3 Å². The van der Waals surface area contributed by atoms with Crippen LogP contribution < -0.4 is 0 Å². The summed E-state index contributed by atoms with van der Waals surface area (Å²) in [4.78, 5) is 1.17. The number of nitriles is 1. The van der Waals surface area contributed by atoms with Gasteiger partial charge in [-0.15, -0.1) is 11.8 Å². The summed E-state index contributed by atoms with van der Waals surface area (Å²) in [6.07, 6.45) is 0. The molecule has 0 fully saturated rings. The minimum atomic E-state index is -3.37. The topological polar surface area (TPSA) is 57.9 Å². The predicted octanol–water partition coefficient (Wildman–Crippen LogP) is 3.78. The van der Waals surface area contributed by atoms with Crippen molar-refractivity contribution < 1.29 is 8.42 Å². The number of halogens is 1. The van der Waals surface area contributed by atoms with E-state index in [1.165, 1.54) is 23.9 Å². The molecule has 0 aliphatic rings. The summed E-state index contributed by atoms with van der Waals surface area (Å²) in [6.45, 7) is 0. The van der Waals surface area contributed by atoms with E-state index in [4.69, 9.17) is 16.9 Å². The van der Waals surface area contributed by atoms with Crippen molar-refractivity contribution in [3.63, 3.8) is 0 Å². The number of hydrogen-bond acceptors (Lipinski definition) is 4. The average Bonchev–Trinajstić information content (AvgIpc) is 2.49. The Balaban J connectivity index is 2.01. The third kappa shape index (κ3) is 4.50. The number of sulfone groups is 1. The lowest BCUT2D eigenvalue weighted by molar-refractivity contribution is 0.597. The Kier molecular flexibility index (Phi) is 5.29. The fraction of sp³-hybridized carbons (Fsp3) is 0.133. The fourth-order valence-electron chi connectivity index (χ4n) is 1.68. The highest BCUT2D eigenvalue weighted by atomic mass is 35.5. The molecule has 0 saturated heterocycles. The number of hydrogen-bond donors (Lipinski definition) is 0. The van der Waals surface area contributed by atoms with E-state index >= 15 is 0 Å². The number of rotatable bonds is 5. The molecule has 0 unspecified atom stereocenters. The Morgan fingerprint density at radius 1 is 1.14 bits per heavy atom. The van der Waals surface area contributed by atoms with Crippen LogP contribution in [0.5, 0.6) is 0 Å². The Morgan fingerprint density at radius 3 is 2.52 bits per heavy atom. The molecule has 0 spiro atoms. The SMILES string of the molecule is N#Cc1cccc(S(=O)(=O)CCSc2ccc(Cl)cc2)c1. The standard InChI is InChI=1S/C15H12ClNO2S2/c16-13-4-6-14(7-5-13)20-8-9-21(18,19)15-3-1-2-12(10-15)11-17/h1-7,10H,8-9H2. The molecule has 3 nitrogen and oxygen atoms in total. The number of nitrogens with zero attached hydrogens (tertiary/aromatic N) is 1.